The van der Waals surface area contributed by atoms with E-state index in [0.717, 1.165) is 5.69 Å². The van der Waals surface area contributed by atoms with Gasteiger partial charge in [0.15, 0.2) is 0 Å². The fourth-order valence-electron chi connectivity index (χ4n) is 3.37. The van der Waals surface area contributed by atoms with Crippen LogP contribution in [0.3, 0.4) is 0 Å². The van der Waals surface area contributed by atoms with Crippen LogP contribution in [0.15, 0.2) is 54.6 Å². The van der Waals surface area contributed by atoms with Gasteiger partial charge in [0.05, 0.1) is 6.54 Å². The summed E-state index contributed by atoms with van der Waals surface area (Å²) in [4.78, 5) is 40.9. The zero-order chi connectivity index (χ0) is 23.1. The van der Waals surface area contributed by atoms with E-state index in [4.69, 9.17) is 4.74 Å². The van der Waals surface area contributed by atoms with Gasteiger partial charge in [-0.15, -0.1) is 0 Å². The number of piperazine rings is 1. The number of carbonyl (C=O) groups is 3. The van der Waals surface area contributed by atoms with Crippen LogP contribution in [0.5, 0.6) is 0 Å². The minimum atomic E-state index is -0.602. The Bertz CT molecular complexity index is 948. The number of hydrogen-bond donors (Lipinski definition) is 2. The maximum atomic E-state index is 12.9. The molecule has 0 bridgehead atoms. The zero-order valence-electron chi connectivity index (χ0n) is 18.8. The molecule has 2 aromatic rings. The molecule has 0 spiro atoms. The fraction of sp³-hybridized carbons (Fsp3) is 0.375. The average molecular weight is 439 g/mol. The summed E-state index contributed by atoms with van der Waals surface area (Å²) in [5, 5.41) is 5.54. The largest absolute Gasteiger partial charge is 0.444 e. The summed E-state index contributed by atoms with van der Waals surface area (Å²) in [7, 11) is 0. The van der Waals surface area contributed by atoms with Crippen molar-refractivity contribution in [2.45, 2.75) is 26.4 Å². The second-order valence-corrected chi connectivity index (χ2v) is 8.69. The van der Waals surface area contributed by atoms with Crippen molar-refractivity contribution >= 4 is 29.3 Å². The number of nitrogens with one attached hydrogen (secondary N) is 2. The highest BCUT2D eigenvalue weighted by Crippen LogP contribution is 2.16. The first-order valence-electron chi connectivity index (χ1n) is 10.7. The van der Waals surface area contributed by atoms with E-state index in [1.807, 2.05) is 35.2 Å². The van der Waals surface area contributed by atoms with Gasteiger partial charge >= 0.3 is 6.09 Å². The topological polar surface area (TPSA) is 91.0 Å². The van der Waals surface area contributed by atoms with Crippen molar-refractivity contribution in [1.29, 1.82) is 0 Å². The van der Waals surface area contributed by atoms with Crippen LogP contribution in [0, 0.1) is 0 Å². The minimum absolute atomic E-state index is 0.0723. The molecule has 170 valence electrons. The lowest BCUT2D eigenvalue weighted by Gasteiger charge is -2.34. The summed E-state index contributed by atoms with van der Waals surface area (Å²) in [6.45, 7) is 7.94. The molecule has 3 amide bonds. The van der Waals surface area contributed by atoms with Gasteiger partial charge in [-0.25, -0.2) is 4.79 Å². The molecule has 0 saturated carbocycles. The lowest BCUT2D eigenvalue weighted by molar-refractivity contribution is -0.117. The molecule has 0 unspecified atom stereocenters. The monoisotopic (exact) mass is 438 g/mol. The molecule has 1 heterocycles. The molecule has 0 radical (unpaired) electrons. The molecular weight excluding hydrogens is 408 g/mol. The molecule has 2 aromatic carbocycles. The van der Waals surface area contributed by atoms with E-state index in [1.54, 1.807) is 49.9 Å². The fourth-order valence-corrected chi connectivity index (χ4v) is 3.37. The number of carbonyl (C=O) groups excluding carboxylic acids is 3. The van der Waals surface area contributed by atoms with E-state index in [0.29, 0.717) is 37.4 Å². The van der Waals surface area contributed by atoms with Crippen molar-refractivity contribution in [3.8, 4) is 0 Å². The SMILES string of the molecule is CC(C)(C)OC(=O)Nc1cccc(C(=O)N2CCN(CC(=O)Nc3ccccc3)CC2)c1. The van der Waals surface area contributed by atoms with E-state index in [9.17, 15) is 14.4 Å². The van der Waals surface area contributed by atoms with Crippen LogP contribution in [-0.2, 0) is 9.53 Å². The van der Waals surface area contributed by atoms with Crippen molar-refractivity contribution in [1.82, 2.24) is 9.80 Å². The number of ether oxygens (including phenoxy) is 1. The molecule has 1 fully saturated rings. The van der Waals surface area contributed by atoms with Crippen LogP contribution in [0.25, 0.3) is 0 Å². The number of amides is 3. The number of benzene rings is 2. The summed E-state index contributed by atoms with van der Waals surface area (Å²) in [6.07, 6.45) is -0.565. The minimum Gasteiger partial charge on any atom is -0.444 e. The second kappa shape index (κ2) is 10.3. The molecular formula is C24H30N4O4. The Hall–Kier alpha value is -3.39. The summed E-state index contributed by atoms with van der Waals surface area (Å²) >= 11 is 0. The third-order valence-electron chi connectivity index (χ3n) is 4.84. The van der Waals surface area contributed by atoms with Crippen molar-refractivity contribution in [2.75, 3.05) is 43.4 Å². The molecule has 8 nitrogen and oxygen atoms in total. The summed E-state index contributed by atoms with van der Waals surface area (Å²) in [6, 6.07) is 16.1. The van der Waals surface area contributed by atoms with E-state index in [-0.39, 0.29) is 18.4 Å². The highest BCUT2D eigenvalue weighted by molar-refractivity contribution is 5.96. The Kier molecular flexibility index (Phi) is 7.48. The average Bonchev–Trinajstić information content (AvgIpc) is 2.73. The molecule has 8 heteroatoms. The number of anilines is 2. The molecule has 0 aliphatic carbocycles. The standard InChI is InChI=1S/C24H30N4O4/c1-24(2,3)32-23(31)26-20-11-7-8-18(16-20)22(30)28-14-12-27(13-15-28)17-21(29)25-19-9-5-4-6-10-19/h4-11,16H,12-15,17H2,1-3H3,(H,25,29)(H,26,31). The van der Waals surface area contributed by atoms with Gasteiger partial charge in [0.25, 0.3) is 5.91 Å². The lowest BCUT2D eigenvalue weighted by Crippen LogP contribution is -2.50. The summed E-state index contributed by atoms with van der Waals surface area (Å²) < 4.78 is 5.26. The number of nitrogens with zero attached hydrogens (tertiary/aromatic N) is 2. The van der Waals surface area contributed by atoms with Crippen molar-refractivity contribution < 1.29 is 19.1 Å². The summed E-state index contributed by atoms with van der Waals surface area (Å²) in [5.41, 5.74) is 1.16. The van der Waals surface area contributed by atoms with Gasteiger partial charge < -0.3 is 15.0 Å². The Morgan fingerprint density at radius 2 is 1.53 bits per heavy atom. The Labute approximate surface area is 188 Å². The zero-order valence-corrected chi connectivity index (χ0v) is 18.8. The van der Waals surface area contributed by atoms with Crippen LogP contribution in [0.2, 0.25) is 0 Å². The van der Waals surface area contributed by atoms with Crippen LogP contribution in [0.4, 0.5) is 16.2 Å². The van der Waals surface area contributed by atoms with Gasteiger partial charge in [0.1, 0.15) is 5.60 Å². The summed E-state index contributed by atoms with van der Waals surface area (Å²) in [5.74, 6) is -0.178. The van der Waals surface area contributed by atoms with Crippen LogP contribution in [0.1, 0.15) is 31.1 Å². The molecule has 1 saturated heterocycles. The van der Waals surface area contributed by atoms with Crippen LogP contribution < -0.4 is 10.6 Å². The van der Waals surface area contributed by atoms with Gasteiger partial charge in [-0.3, -0.25) is 19.8 Å². The Morgan fingerprint density at radius 1 is 0.875 bits per heavy atom. The van der Waals surface area contributed by atoms with Crippen molar-refractivity contribution in [3.63, 3.8) is 0 Å². The van der Waals surface area contributed by atoms with Gasteiger partial charge in [0, 0.05) is 43.1 Å². The Morgan fingerprint density at radius 3 is 2.19 bits per heavy atom. The molecule has 1 aliphatic rings. The number of hydrogen-bond acceptors (Lipinski definition) is 5. The maximum absolute atomic E-state index is 12.9. The first-order chi connectivity index (χ1) is 15.2. The number of para-hydroxylation sites is 1. The van der Waals surface area contributed by atoms with Crippen molar-refractivity contribution in [2.24, 2.45) is 0 Å². The van der Waals surface area contributed by atoms with Gasteiger partial charge in [0.2, 0.25) is 5.91 Å². The van der Waals surface area contributed by atoms with E-state index in [1.165, 1.54) is 0 Å². The molecule has 1 aliphatic heterocycles. The third kappa shape index (κ3) is 7.09. The lowest BCUT2D eigenvalue weighted by atomic mass is 10.1. The van der Waals surface area contributed by atoms with Crippen LogP contribution in [-0.4, -0.2) is 66.0 Å². The van der Waals surface area contributed by atoms with E-state index in [2.05, 4.69) is 10.6 Å². The molecule has 0 atom stereocenters. The number of rotatable bonds is 5. The van der Waals surface area contributed by atoms with Crippen molar-refractivity contribution in [3.05, 3.63) is 60.2 Å². The first-order valence-corrected chi connectivity index (χ1v) is 10.7. The molecule has 3 rings (SSSR count). The highest BCUT2D eigenvalue weighted by atomic mass is 16.6. The first kappa shape index (κ1) is 23.3. The molecule has 32 heavy (non-hydrogen) atoms. The van der Waals surface area contributed by atoms with Crippen LogP contribution >= 0.6 is 0 Å². The maximum Gasteiger partial charge on any atom is 0.412 e. The molecule has 0 aromatic heterocycles. The van der Waals surface area contributed by atoms with E-state index >= 15 is 0 Å². The van der Waals surface area contributed by atoms with E-state index < -0.39 is 11.7 Å². The van der Waals surface area contributed by atoms with Gasteiger partial charge in [-0.1, -0.05) is 24.3 Å². The van der Waals surface area contributed by atoms with Gasteiger partial charge in [-0.05, 0) is 51.1 Å². The van der Waals surface area contributed by atoms with Gasteiger partial charge in [-0.2, -0.15) is 0 Å². The second-order valence-electron chi connectivity index (χ2n) is 8.69. The highest BCUT2D eigenvalue weighted by Gasteiger charge is 2.24. The quantitative estimate of drug-likeness (QED) is 0.746. The predicted molar refractivity (Wildman–Crippen MR) is 124 cm³/mol. The molecule has 2 N–H and O–H groups in total. The third-order valence-corrected chi connectivity index (χ3v) is 4.84. The smallest absolute Gasteiger partial charge is 0.412 e. The predicted octanol–water partition coefficient (Wildman–Crippen LogP) is 3.43. The Balaban J connectivity index is 1.49. The normalized spacial score (nSPS) is 14.5.